The molecule has 1 aromatic carbocycles. The molecule has 0 radical (unpaired) electrons. The number of hydrogen-bond donors (Lipinski definition) is 0. The number of Topliss-reactive ketones (excluding diaryl/α,β-unsaturated/α-hetero) is 3. The highest BCUT2D eigenvalue weighted by Gasteiger charge is 2.63. The lowest BCUT2D eigenvalue weighted by molar-refractivity contribution is -0.159. The Balaban J connectivity index is 1.31. The van der Waals surface area contributed by atoms with Gasteiger partial charge in [0.25, 0.3) is 0 Å². The topological polar surface area (TPSA) is 51.2 Å². The zero-order chi connectivity index (χ0) is 23.4. The van der Waals surface area contributed by atoms with Crippen molar-refractivity contribution in [1.82, 2.24) is 0 Å². The third kappa shape index (κ3) is 3.65. The van der Waals surface area contributed by atoms with Gasteiger partial charge in [0.1, 0.15) is 11.6 Å². The van der Waals surface area contributed by atoms with Crippen molar-refractivity contribution in [2.75, 3.05) is 0 Å². The molecule has 8 unspecified atom stereocenters. The van der Waals surface area contributed by atoms with E-state index in [1.54, 1.807) is 0 Å². The van der Waals surface area contributed by atoms with E-state index in [9.17, 15) is 14.4 Å². The summed E-state index contributed by atoms with van der Waals surface area (Å²) < 4.78 is 0. The average molecular weight is 449 g/mol. The predicted octanol–water partition coefficient (Wildman–Crippen LogP) is 6.69. The molecule has 0 heterocycles. The fourth-order valence-electron chi connectivity index (χ4n) is 9.02. The Bertz CT molecular complexity index is 935. The summed E-state index contributed by atoms with van der Waals surface area (Å²) in [4.78, 5) is 38.7. The second-order valence-electron chi connectivity index (χ2n) is 12.3. The third-order valence-electron chi connectivity index (χ3n) is 11.0. The van der Waals surface area contributed by atoms with Crippen molar-refractivity contribution in [3.05, 3.63) is 35.9 Å². The van der Waals surface area contributed by atoms with Crippen molar-refractivity contribution in [3.63, 3.8) is 0 Å². The smallest absolute Gasteiger partial charge is 0.162 e. The standard InChI is InChI=1S/C30H40O3/c1-19(9-14-27(32)20-7-5-4-6-8-20)24-12-13-25-23-11-10-21-17-22(31)15-16-29(21,2)26(23)18-28(33)30(24,25)3/h4-8,19,21,23-26H,9-18H2,1-3H3. The molecule has 0 bridgehead atoms. The first kappa shape index (κ1) is 23.0. The summed E-state index contributed by atoms with van der Waals surface area (Å²) >= 11 is 0. The highest BCUT2D eigenvalue weighted by atomic mass is 16.1. The summed E-state index contributed by atoms with van der Waals surface area (Å²) in [6.07, 6.45) is 9.21. The van der Waals surface area contributed by atoms with Gasteiger partial charge in [0.2, 0.25) is 0 Å². The molecule has 3 nitrogen and oxygen atoms in total. The van der Waals surface area contributed by atoms with Gasteiger partial charge in [-0.2, -0.15) is 0 Å². The van der Waals surface area contributed by atoms with Crippen molar-refractivity contribution < 1.29 is 14.4 Å². The summed E-state index contributed by atoms with van der Waals surface area (Å²) in [6.45, 7) is 6.96. The van der Waals surface area contributed by atoms with Gasteiger partial charge < -0.3 is 0 Å². The molecule has 0 spiro atoms. The lowest BCUT2D eigenvalue weighted by Crippen LogP contribution is -2.57. The molecule has 4 fully saturated rings. The number of carbonyl (C=O) groups excluding carboxylic acids is 3. The van der Waals surface area contributed by atoms with Crippen molar-refractivity contribution in [3.8, 4) is 0 Å². The molecule has 5 rings (SSSR count). The van der Waals surface area contributed by atoms with Crippen molar-refractivity contribution >= 4 is 17.3 Å². The second kappa shape index (κ2) is 8.47. The molecular weight excluding hydrogens is 408 g/mol. The SMILES string of the molecule is CC(CCC(=O)c1ccccc1)C1CCC2C3CCC4CC(=O)CCC4(C)C3CC(=O)C12C. The molecule has 0 amide bonds. The Labute approximate surface area is 199 Å². The number of ketones is 3. The van der Waals surface area contributed by atoms with E-state index in [0.717, 1.165) is 44.1 Å². The van der Waals surface area contributed by atoms with Gasteiger partial charge in [-0.15, -0.1) is 0 Å². The number of fused-ring (bicyclic) bond motifs is 5. The lowest BCUT2D eigenvalue weighted by Gasteiger charge is -2.59. The first-order chi connectivity index (χ1) is 15.7. The number of benzene rings is 1. The molecule has 0 saturated heterocycles. The maximum Gasteiger partial charge on any atom is 0.162 e. The number of rotatable bonds is 5. The first-order valence-corrected chi connectivity index (χ1v) is 13.4. The van der Waals surface area contributed by atoms with E-state index in [1.807, 2.05) is 30.3 Å². The van der Waals surface area contributed by atoms with E-state index < -0.39 is 0 Å². The van der Waals surface area contributed by atoms with Crippen LogP contribution in [0.1, 0.15) is 95.3 Å². The second-order valence-corrected chi connectivity index (χ2v) is 12.3. The van der Waals surface area contributed by atoms with Crippen LogP contribution in [0.4, 0.5) is 0 Å². The van der Waals surface area contributed by atoms with Crippen LogP contribution in [0.5, 0.6) is 0 Å². The minimum absolute atomic E-state index is 0.166. The summed E-state index contributed by atoms with van der Waals surface area (Å²) in [5, 5.41) is 0. The highest BCUT2D eigenvalue weighted by molar-refractivity contribution is 5.96. The van der Waals surface area contributed by atoms with E-state index in [4.69, 9.17) is 0 Å². The van der Waals surface area contributed by atoms with E-state index >= 15 is 0 Å². The molecule has 3 heteroatoms. The van der Waals surface area contributed by atoms with Crippen LogP contribution in [0.15, 0.2) is 30.3 Å². The predicted molar refractivity (Wildman–Crippen MR) is 130 cm³/mol. The fraction of sp³-hybridized carbons (Fsp3) is 0.700. The van der Waals surface area contributed by atoms with Gasteiger partial charge in [0.05, 0.1) is 0 Å². The van der Waals surface area contributed by atoms with Crippen LogP contribution in [-0.2, 0) is 9.59 Å². The lowest BCUT2D eigenvalue weighted by atomic mass is 9.44. The molecular formula is C30H40O3. The minimum atomic E-state index is -0.232. The van der Waals surface area contributed by atoms with Crippen LogP contribution in [0.25, 0.3) is 0 Å². The number of carbonyl (C=O) groups is 3. The van der Waals surface area contributed by atoms with Gasteiger partial charge in [0, 0.05) is 36.7 Å². The van der Waals surface area contributed by atoms with Crippen LogP contribution < -0.4 is 0 Å². The molecule has 4 saturated carbocycles. The first-order valence-electron chi connectivity index (χ1n) is 13.4. The van der Waals surface area contributed by atoms with Gasteiger partial charge in [-0.25, -0.2) is 0 Å². The normalized spacial score (nSPS) is 41.1. The van der Waals surface area contributed by atoms with E-state index in [1.165, 1.54) is 6.42 Å². The van der Waals surface area contributed by atoms with Gasteiger partial charge in [-0.05, 0) is 79.4 Å². The highest BCUT2D eigenvalue weighted by Crippen LogP contribution is 2.67. The van der Waals surface area contributed by atoms with E-state index in [0.29, 0.717) is 66.3 Å². The van der Waals surface area contributed by atoms with Gasteiger partial charge in [0.15, 0.2) is 5.78 Å². The largest absolute Gasteiger partial charge is 0.300 e. The molecule has 0 aliphatic heterocycles. The zero-order valence-corrected chi connectivity index (χ0v) is 20.6. The summed E-state index contributed by atoms with van der Waals surface area (Å²) in [5.74, 6) is 3.96. The molecule has 4 aliphatic rings. The van der Waals surface area contributed by atoms with Crippen molar-refractivity contribution in [1.29, 1.82) is 0 Å². The Kier molecular flexibility index (Phi) is 5.90. The maximum atomic E-state index is 13.9. The Morgan fingerprint density at radius 1 is 1.00 bits per heavy atom. The Morgan fingerprint density at radius 2 is 1.76 bits per heavy atom. The molecule has 0 N–H and O–H groups in total. The van der Waals surface area contributed by atoms with Crippen LogP contribution in [0.2, 0.25) is 0 Å². The average Bonchev–Trinajstić information content (AvgIpc) is 3.18. The van der Waals surface area contributed by atoms with Crippen molar-refractivity contribution in [2.45, 2.75) is 85.0 Å². The van der Waals surface area contributed by atoms with Gasteiger partial charge in [-0.1, -0.05) is 51.1 Å². The summed E-state index contributed by atoms with van der Waals surface area (Å²) in [6, 6.07) is 9.60. The van der Waals surface area contributed by atoms with Gasteiger partial charge in [-0.3, -0.25) is 14.4 Å². The molecule has 178 valence electrons. The molecule has 4 aliphatic carbocycles. The van der Waals surface area contributed by atoms with Crippen LogP contribution in [0, 0.1) is 46.3 Å². The van der Waals surface area contributed by atoms with Crippen molar-refractivity contribution in [2.24, 2.45) is 46.3 Å². The summed E-state index contributed by atoms with van der Waals surface area (Å²) in [5.41, 5.74) is 0.733. The number of hydrogen-bond acceptors (Lipinski definition) is 3. The molecule has 0 aromatic heterocycles. The monoisotopic (exact) mass is 448 g/mol. The van der Waals surface area contributed by atoms with Crippen LogP contribution in [-0.4, -0.2) is 17.3 Å². The maximum absolute atomic E-state index is 13.9. The van der Waals surface area contributed by atoms with Crippen LogP contribution in [0.3, 0.4) is 0 Å². The quantitative estimate of drug-likeness (QED) is 0.471. The Hall–Kier alpha value is -1.77. The van der Waals surface area contributed by atoms with Gasteiger partial charge >= 0.3 is 0 Å². The minimum Gasteiger partial charge on any atom is -0.300 e. The van der Waals surface area contributed by atoms with E-state index in [2.05, 4.69) is 20.8 Å². The Morgan fingerprint density at radius 3 is 2.52 bits per heavy atom. The zero-order valence-electron chi connectivity index (χ0n) is 20.6. The third-order valence-corrected chi connectivity index (χ3v) is 11.0. The molecule has 1 aromatic rings. The summed E-state index contributed by atoms with van der Waals surface area (Å²) in [7, 11) is 0. The molecule has 33 heavy (non-hydrogen) atoms. The van der Waals surface area contributed by atoms with Crippen LogP contribution >= 0.6 is 0 Å². The fourth-order valence-corrected chi connectivity index (χ4v) is 9.02. The van der Waals surface area contributed by atoms with E-state index in [-0.39, 0.29) is 16.6 Å². The molecule has 8 atom stereocenters.